The van der Waals surface area contributed by atoms with Crippen LogP contribution in [0.1, 0.15) is 57.1 Å². The molecule has 0 aromatic heterocycles. The van der Waals surface area contributed by atoms with Gasteiger partial charge in [0.1, 0.15) is 0 Å². The number of hydrogen-bond acceptors (Lipinski definition) is 1. The van der Waals surface area contributed by atoms with Crippen molar-refractivity contribution >= 4 is 0 Å². The lowest BCUT2D eigenvalue weighted by Crippen LogP contribution is -2.31. The van der Waals surface area contributed by atoms with Gasteiger partial charge in [0, 0.05) is 6.42 Å². The predicted octanol–water partition coefficient (Wildman–Crippen LogP) is 4.26. The van der Waals surface area contributed by atoms with E-state index in [1.165, 1.54) is 17.5 Å². The van der Waals surface area contributed by atoms with Crippen molar-refractivity contribution in [2.75, 3.05) is 0 Å². The maximum atomic E-state index is 10.8. The Morgan fingerprint density at radius 2 is 1.89 bits per heavy atom. The Morgan fingerprint density at radius 1 is 1.11 bits per heavy atom. The van der Waals surface area contributed by atoms with Crippen LogP contribution in [0.4, 0.5) is 0 Å². The van der Waals surface area contributed by atoms with Gasteiger partial charge >= 0.3 is 0 Å². The molecule has 0 saturated heterocycles. The summed E-state index contributed by atoms with van der Waals surface area (Å²) in [6.07, 6.45) is 6.22. The first-order valence-corrected chi connectivity index (χ1v) is 7.17. The van der Waals surface area contributed by atoms with Crippen molar-refractivity contribution < 1.29 is 5.11 Å². The third-order valence-electron chi connectivity index (χ3n) is 4.38. The molecule has 100 valence electrons. The Labute approximate surface area is 111 Å². The lowest BCUT2D eigenvalue weighted by atomic mass is 9.83. The molecule has 1 nitrogen and oxygen atoms in total. The lowest BCUT2D eigenvalue weighted by Gasteiger charge is -2.28. The highest BCUT2D eigenvalue weighted by atomic mass is 16.3. The van der Waals surface area contributed by atoms with Crippen molar-refractivity contribution in [3.8, 4) is 0 Å². The Kier molecular flexibility index (Phi) is 3.82. The third kappa shape index (κ3) is 3.58. The Balaban J connectivity index is 2.07. The standard InChI is InChI=1S/C17H26O/c1-14-6-4-7-15(12-14)13-17(18)9-5-8-16(2,3)10-11-17/h4,6-7,12,18H,5,8-11,13H2,1-3H3. The fraction of sp³-hybridized carbons (Fsp3) is 0.647. The van der Waals surface area contributed by atoms with Crippen LogP contribution in [0.15, 0.2) is 24.3 Å². The minimum atomic E-state index is -0.485. The van der Waals surface area contributed by atoms with E-state index in [4.69, 9.17) is 0 Å². The van der Waals surface area contributed by atoms with E-state index in [1.54, 1.807) is 0 Å². The summed E-state index contributed by atoms with van der Waals surface area (Å²) in [5, 5.41) is 10.8. The fourth-order valence-electron chi connectivity index (χ4n) is 3.10. The minimum Gasteiger partial charge on any atom is -0.390 e. The van der Waals surface area contributed by atoms with Gasteiger partial charge in [-0.2, -0.15) is 0 Å². The monoisotopic (exact) mass is 246 g/mol. The smallest absolute Gasteiger partial charge is 0.0688 e. The molecule has 1 fully saturated rings. The number of hydrogen-bond donors (Lipinski definition) is 1. The molecule has 1 aliphatic rings. The van der Waals surface area contributed by atoms with Gasteiger partial charge in [0.15, 0.2) is 0 Å². The Hall–Kier alpha value is -0.820. The topological polar surface area (TPSA) is 20.2 Å². The molecule has 1 aromatic carbocycles. The summed E-state index contributed by atoms with van der Waals surface area (Å²) < 4.78 is 0. The van der Waals surface area contributed by atoms with Crippen LogP contribution in [0.25, 0.3) is 0 Å². The van der Waals surface area contributed by atoms with E-state index in [2.05, 4.69) is 45.0 Å². The molecule has 1 unspecified atom stereocenters. The molecule has 0 radical (unpaired) electrons. The zero-order valence-electron chi connectivity index (χ0n) is 12.0. The maximum Gasteiger partial charge on any atom is 0.0688 e. The van der Waals surface area contributed by atoms with E-state index in [-0.39, 0.29) is 0 Å². The van der Waals surface area contributed by atoms with Gasteiger partial charge < -0.3 is 5.11 Å². The largest absolute Gasteiger partial charge is 0.390 e. The van der Waals surface area contributed by atoms with Crippen molar-refractivity contribution in [2.24, 2.45) is 5.41 Å². The molecular weight excluding hydrogens is 220 g/mol. The zero-order chi connectivity index (χ0) is 13.2. The van der Waals surface area contributed by atoms with Crippen LogP contribution in [-0.2, 0) is 6.42 Å². The molecule has 0 heterocycles. The van der Waals surface area contributed by atoms with Crippen LogP contribution in [0, 0.1) is 12.3 Å². The molecule has 0 spiro atoms. The Morgan fingerprint density at radius 3 is 2.61 bits per heavy atom. The Bertz CT molecular complexity index is 408. The average molecular weight is 246 g/mol. The van der Waals surface area contributed by atoms with Gasteiger partial charge in [0.2, 0.25) is 0 Å². The van der Waals surface area contributed by atoms with E-state index >= 15 is 0 Å². The van der Waals surface area contributed by atoms with Crippen molar-refractivity contribution in [2.45, 2.75) is 64.9 Å². The van der Waals surface area contributed by atoms with Crippen LogP contribution in [0.3, 0.4) is 0 Å². The van der Waals surface area contributed by atoms with Gasteiger partial charge in [-0.15, -0.1) is 0 Å². The molecule has 0 aliphatic heterocycles. The van der Waals surface area contributed by atoms with Gasteiger partial charge in [0.25, 0.3) is 0 Å². The van der Waals surface area contributed by atoms with Crippen molar-refractivity contribution in [3.63, 3.8) is 0 Å². The molecule has 1 atom stereocenters. The molecule has 18 heavy (non-hydrogen) atoms. The molecule has 1 aromatic rings. The van der Waals surface area contributed by atoms with Gasteiger partial charge in [-0.3, -0.25) is 0 Å². The van der Waals surface area contributed by atoms with Gasteiger partial charge in [-0.05, 0) is 43.6 Å². The molecule has 0 bridgehead atoms. The molecule has 2 rings (SSSR count). The van der Waals surface area contributed by atoms with E-state index in [0.29, 0.717) is 5.41 Å². The second-order valence-electron chi connectivity index (χ2n) is 6.91. The predicted molar refractivity (Wildman–Crippen MR) is 76.7 cm³/mol. The van der Waals surface area contributed by atoms with Gasteiger partial charge in [-0.25, -0.2) is 0 Å². The summed E-state index contributed by atoms with van der Waals surface area (Å²) in [4.78, 5) is 0. The van der Waals surface area contributed by atoms with Crippen molar-refractivity contribution in [3.05, 3.63) is 35.4 Å². The molecule has 1 aliphatic carbocycles. The summed E-state index contributed by atoms with van der Waals surface area (Å²) in [5.74, 6) is 0. The number of rotatable bonds is 2. The highest BCUT2D eigenvalue weighted by Crippen LogP contribution is 2.39. The summed E-state index contributed by atoms with van der Waals surface area (Å²) in [6.45, 7) is 6.76. The number of benzene rings is 1. The molecule has 1 saturated carbocycles. The fourth-order valence-corrected chi connectivity index (χ4v) is 3.10. The van der Waals surface area contributed by atoms with E-state index in [9.17, 15) is 5.11 Å². The molecule has 1 N–H and O–H groups in total. The lowest BCUT2D eigenvalue weighted by molar-refractivity contribution is 0.0226. The number of aryl methyl sites for hydroxylation is 1. The second-order valence-corrected chi connectivity index (χ2v) is 6.91. The van der Waals surface area contributed by atoms with E-state index < -0.39 is 5.60 Å². The molecule has 1 heteroatoms. The average Bonchev–Trinajstić information content (AvgIpc) is 2.38. The first-order valence-electron chi connectivity index (χ1n) is 7.17. The van der Waals surface area contributed by atoms with Gasteiger partial charge in [0.05, 0.1) is 5.60 Å². The minimum absolute atomic E-state index is 0.400. The van der Waals surface area contributed by atoms with Crippen LogP contribution in [0.5, 0.6) is 0 Å². The summed E-state index contributed by atoms with van der Waals surface area (Å²) in [7, 11) is 0. The third-order valence-corrected chi connectivity index (χ3v) is 4.38. The molecule has 0 amide bonds. The zero-order valence-corrected chi connectivity index (χ0v) is 12.0. The number of aliphatic hydroxyl groups is 1. The van der Waals surface area contributed by atoms with Crippen LogP contribution in [-0.4, -0.2) is 10.7 Å². The summed E-state index contributed by atoms with van der Waals surface area (Å²) in [5.41, 5.74) is 2.47. The van der Waals surface area contributed by atoms with Crippen LogP contribution < -0.4 is 0 Å². The first kappa shape index (κ1) is 13.6. The maximum absolute atomic E-state index is 10.8. The highest BCUT2D eigenvalue weighted by molar-refractivity contribution is 5.23. The normalized spacial score (nSPS) is 27.8. The van der Waals surface area contributed by atoms with E-state index in [1.807, 2.05) is 0 Å². The van der Waals surface area contributed by atoms with E-state index in [0.717, 1.165) is 32.1 Å². The second kappa shape index (κ2) is 5.05. The van der Waals surface area contributed by atoms with Gasteiger partial charge in [-0.1, -0.05) is 50.1 Å². The van der Waals surface area contributed by atoms with Crippen LogP contribution >= 0.6 is 0 Å². The van der Waals surface area contributed by atoms with Crippen molar-refractivity contribution in [1.29, 1.82) is 0 Å². The van der Waals surface area contributed by atoms with Crippen molar-refractivity contribution in [1.82, 2.24) is 0 Å². The quantitative estimate of drug-likeness (QED) is 0.773. The van der Waals surface area contributed by atoms with Crippen LogP contribution in [0.2, 0.25) is 0 Å². The first-order chi connectivity index (χ1) is 8.39. The highest BCUT2D eigenvalue weighted by Gasteiger charge is 2.33. The summed E-state index contributed by atoms with van der Waals surface area (Å²) in [6, 6.07) is 8.55. The summed E-state index contributed by atoms with van der Waals surface area (Å²) >= 11 is 0. The molecular formula is C17H26O. The SMILES string of the molecule is Cc1cccc(CC2(O)CCCC(C)(C)CC2)c1.